The predicted octanol–water partition coefficient (Wildman–Crippen LogP) is 3.04. The Morgan fingerprint density at radius 2 is 2.11 bits per heavy atom. The van der Waals surface area contributed by atoms with Crippen LogP contribution in [0.4, 0.5) is 5.69 Å². The fourth-order valence-corrected chi connectivity index (χ4v) is 3.06. The van der Waals surface area contributed by atoms with E-state index in [-0.39, 0.29) is 6.04 Å². The first-order valence-corrected chi connectivity index (χ1v) is 6.83. The van der Waals surface area contributed by atoms with Crippen LogP contribution in [-0.4, -0.2) is 12.6 Å². The maximum Gasteiger partial charge on any atom is 0.127 e. The lowest BCUT2D eigenvalue weighted by atomic mass is 10.1. The van der Waals surface area contributed by atoms with E-state index in [2.05, 4.69) is 36.1 Å². The van der Waals surface area contributed by atoms with Crippen molar-refractivity contribution < 1.29 is 4.42 Å². The maximum absolute atomic E-state index is 6.01. The lowest BCUT2D eigenvalue weighted by Gasteiger charge is -2.32. The van der Waals surface area contributed by atoms with Crippen LogP contribution in [0.3, 0.4) is 0 Å². The van der Waals surface area contributed by atoms with Crippen LogP contribution in [-0.2, 0) is 6.42 Å². The average Bonchev–Trinajstić information content (AvgIpc) is 2.96. The van der Waals surface area contributed by atoms with Crippen LogP contribution in [0.15, 0.2) is 40.8 Å². The molecule has 0 fully saturated rings. The van der Waals surface area contributed by atoms with Crippen molar-refractivity contribution in [3.05, 3.63) is 53.5 Å². The highest BCUT2D eigenvalue weighted by Gasteiger charge is 2.32. The van der Waals surface area contributed by atoms with Gasteiger partial charge in [0.1, 0.15) is 11.5 Å². The lowest BCUT2D eigenvalue weighted by Crippen LogP contribution is -2.37. The van der Waals surface area contributed by atoms with E-state index in [1.54, 1.807) is 0 Å². The van der Waals surface area contributed by atoms with Gasteiger partial charge in [-0.1, -0.05) is 18.2 Å². The molecule has 2 unspecified atom stereocenters. The Labute approximate surface area is 114 Å². The molecule has 0 spiro atoms. The Kier molecular flexibility index (Phi) is 3.07. The molecule has 1 aromatic heterocycles. The number of para-hydroxylation sites is 1. The Bertz CT molecular complexity index is 576. The molecule has 3 rings (SSSR count). The van der Waals surface area contributed by atoms with E-state index in [0.29, 0.717) is 12.6 Å². The first-order chi connectivity index (χ1) is 9.20. The molecule has 2 aromatic rings. The fourth-order valence-electron chi connectivity index (χ4n) is 3.06. The van der Waals surface area contributed by atoms with Crippen LogP contribution < -0.4 is 10.6 Å². The van der Waals surface area contributed by atoms with E-state index in [4.69, 9.17) is 10.2 Å². The van der Waals surface area contributed by atoms with Crippen molar-refractivity contribution >= 4 is 5.69 Å². The Hall–Kier alpha value is -1.74. The third-order valence-corrected chi connectivity index (χ3v) is 3.91. The minimum Gasteiger partial charge on any atom is -0.464 e. The smallest absolute Gasteiger partial charge is 0.127 e. The number of benzene rings is 1. The second kappa shape index (κ2) is 4.74. The van der Waals surface area contributed by atoms with E-state index in [0.717, 1.165) is 17.9 Å². The molecule has 3 heteroatoms. The number of rotatable bonds is 3. The van der Waals surface area contributed by atoms with E-state index in [1.165, 1.54) is 11.3 Å². The monoisotopic (exact) mass is 256 g/mol. The molecule has 2 atom stereocenters. The number of nitrogens with zero attached hydrogens (tertiary/aromatic N) is 1. The van der Waals surface area contributed by atoms with Gasteiger partial charge < -0.3 is 15.1 Å². The zero-order valence-electron chi connectivity index (χ0n) is 11.5. The summed E-state index contributed by atoms with van der Waals surface area (Å²) in [5, 5.41) is 0. The molecule has 0 amide bonds. The van der Waals surface area contributed by atoms with E-state index < -0.39 is 0 Å². The van der Waals surface area contributed by atoms with Crippen LogP contribution in [0.2, 0.25) is 0 Å². The Morgan fingerprint density at radius 3 is 2.79 bits per heavy atom. The molecule has 0 radical (unpaired) electrons. The molecule has 0 aliphatic carbocycles. The van der Waals surface area contributed by atoms with Crippen LogP contribution >= 0.6 is 0 Å². The van der Waals surface area contributed by atoms with Crippen molar-refractivity contribution in [2.45, 2.75) is 32.4 Å². The SMILES string of the molecule is Cc1ccc(C(CN)N2c3ccccc3CC2C)o1. The first-order valence-electron chi connectivity index (χ1n) is 6.83. The molecule has 1 aromatic carbocycles. The van der Waals surface area contributed by atoms with Crippen molar-refractivity contribution in [2.75, 3.05) is 11.4 Å². The summed E-state index contributed by atoms with van der Waals surface area (Å²) in [6.07, 6.45) is 1.08. The fraction of sp³-hybridized carbons (Fsp3) is 0.375. The molecule has 19 heavy (non-hydrogen) atoms. The first kappa shape index (κ1) is 12.3. The third kappa shape index (κ3) is 2.04. The Morgan fingerprint density at radius 1 is 1.32 bits per heavy atom. The minimum absolute atomic E-state index is 0.118. The summed E-state index contributed by atoms with van der Waals surface area (Å²) in [5.41, 5.74) is 8.70. The van der Waals surface area contributed by atoms with Crippen molar-refractivity contribution in [1.29, 1.82) is 0 Å². The highest BCUT2D eigenvalue weighted by Crippen LogP contribution is 2.38. The number of aryl methyl sites for hydroxylation is 1. The highest BCUT2D eigenvalue weighted by atomic mass is 16.3. The third-order valence-electron chi connectivity index (χ3n) is 3.91. The Balaban J connectivity index is 2.00. The van der Waals surface area contributed by atoms with Gasteiger partial charge in [0.05, 0.1) is 6.04 Å². The number of furan rings is 1. The van der Waals surface area contributed by atoms with E-state index in [9.17, 15) is 0 Å². The highest BCUT2D eigenvalue weighted by molar-refractivity contribution is 5.60. The molecule has 2 N–H and O–H groups in total. The summed E-state index contributed by atoms with van der Waals surface area (Å²) >= 11 is 0. The maximum atomic E-state index is 6.01. The predicted molar refractivity (Wildman–Crippen MR) is 77.3 cm³/mol. The number of hydrogen-bond acceptors (Lipinski definition) is 3. The molecule has 100 valence electrons. The molecule has 2 heterocycles. The number of anilines is 1. The van der Waals surface area contributed by atoms with Crippen molar-refractivity contribution in [3.8, 4) is 0 Å². The van der Waals surface area contributed by atoms with Gasteiger partial charge in [0, 0.05) is 18.3 Å². The van der Waals surface area contributed by atoms with Gasteiger partial charge in [0.2, 0.25) is 0 Å². The van der Waals surface area contributed by atoms with Gasteiger partial charge in [0.15, 0.2) is 0 Å². The molecule has 0 saturated carbocycles. The van der Waals surface area contributed by atoms with Gasteiger partial charge in [-0.2, -0.15) is 0 Å². The summed E-state index contributed by atoms with van der Waals surface area (Å²) in [6, 6.07) is 13.2. The largest absolute Gasteiger partial charge is 0.464 e. The van der Waals surface area contributed by atoms with E-state index in [1.807, 2.05) is 19.1 Å². The van der Waals surface area contributed by atoms with Crippen LogP contribution in [0.25, 0.3) is 0 Å². The van der Waals surface area contributed by atoms with Crippen LogP contribution in [0.5, 0.6) is 0 Å². The van der Waals surface area contributed by atoms with Gasteiger partial charge in [-0.05, 0) is 44.0 Å². The normalized spacial score (nSPS) is 19.5. The average molecular weight is 256 g/mol. The number of nitrogens with two attached hydrogens (primary N) is 1. The van der Waals surface area contributed by atoms with E-state index >= 15 is 0 Å². The summed E-state index contributed by atoms with van der Waals surface area (Å²) in [7, 11) is 0. The van der Waals surface area contributed by atoms with Crippen molar-refractivity contribution in [1.82, 2.24) is 0 Å². The van der Waals surface area contributed by atoms with Gasteiger partial charge >= 0.3 is 0 Å². The zero-order valence-corrected chi connectivity index (χ0v) is 11.5. The molecule has 3 nitrogen and oxygen atoms in total. The van der Waals surface area contributed by atoms with Crippen LogP contribution in [0, 0.1) is 6.92 Å². The molecule has 1 aliphatic heterocycles. The van der Waals surface area contributed by atoms with Crippen LogP contribution in [0.1, 0.15) is 30.0 Å². The number of fused-ring (bicyclic) bond motifs is 1. The minimum atomic E-state index is 0.118. The van der Waals surface area contributed by atoms with Gasteiger partial charge in [-0.25, -0.2) is 0 Å². The lowest BCUT2D eigenvalue weighted by molar-refractivity contribution is 0.423. The van der Waals surface area contributed by atoms with Gasteiger partial charge in [-0.15, -0.1) is 0 Å². The topological polar surface area (TPSA) is 42.4 Å². The second-order valence-corrected chi connectivity index (χ2v) is 5.29. The summed E-state index contributed by atoms with van der Waals surface area (Å²) in [6.45, 7) is 4.78. The van der Waals surface area contributed by atoms with Gasteiger partial charge in [0.25, 0.3) is 0 Å². The zero-order chi connectivity index (χ0) is 13.4. The second-order valence-electron chi connectivity index (χ2n) is 5.29. The molecular formula is C16H20N2O. The standard InChI is InChI=1S/C16H20N2O/c1-11-9-13-5-3-4-6-14(13)18(11)15(10-17)16-8-7-12(2)19-16/h3-8,11,15H,9-10,17H2,1-2H3. The van der Waals surface area contributed by atoms with Gasteiger partial charge in [-0.3, -0.25) is 0 Å². The quantitative estimate of drug-likeness (QED) is 0.917. The summed E-state index contributed by atoms with van der Waals surface area (Å²) < 4.78 is 5.79. The molecule has 0 bridgehead atoms. The molecular weight excluding hydrogens is 236 g/mol. The molecule has 0 saturated heterocycles. The van der Waals surface area contributed by atoms with Crippen molar-refractivity contribution in [2.24, 2.45) is 5.73 Å². The summed E-state index contributed by atoms with van der Waals surface area (Å²) in [5.74, 6) is 1.90. The molecule has 1 aliphatic rings. The summed E-state index contributed by atoms with van der Waals surface area (Å²) in [4.78, 5) is 2.40. The number of hydrogen-bond donors (Lipinski definition) is 1. The van der Waals surface area contributed by atoms with Crippen molar-refractivity contribution in [3.63, 3.8) is 0 Å².